The molecule has 0 bridgehead atoms. The second-order valence-corrected chi connectivity index (χ2v) is 2.13. The van der Waals surface area contributed by atoms with E-state index in [0.717, 1.165) is 15.6 Å². The van der Waals surface area contributed by atoms with Crippen molar-refractivity contribution in [2.24, 2.45) is 0 Å². The summed E-state index contributed by atoms with van der Waals surface area (Å²) in [7, 11) is 0.861. The average molecular weight is 133 g/mol. The molecule has 2 radical (unpaired) electrons. The minimum absolute atomic E-state index is 0. The monoisotopic (exact) mass is 132 g/mol. The van der Waals surface area contributed by atoms with Crippen LogP contribution in [0.5, 0.6) is 0 Å². The summed E-state index contributed by atoms with van der Waals surface area (Å²) in [5.41, 5.74) is 1.92. The van der Waals surface area contributed by atoms with Crippen LogP contribution in [-0.2, 0) is 0 Å². The van der Waals surface area contributed by atoms with Gasteiger partial charge in [0.1, 0.15) is 0 Å². The van der Waals surface area contributed by atoms with Crippen LogP contribution in [0.3, 0.4) is 0 Å². The summed E-state index contributed by atoms with van der Waals surface area (Å²) < 4.78 is 0. The maximum absolute atomic E-state index is 3.56. The number of allylic oxidation sites excluding steroid dienone is 1. The van der Waals surface area contributed by atoms with Gasteiger partial charge in [-0.05, 0) is 6.04 Å². The van der Waals surface area contributed by atoms with Crippen LogP contribution in [0, 0.1) is 0 Å². The van der Waals surface area contributed by atoms with E-state index in [-0.39, 0.29) is 12.4 Å². The first-order valence-corrected chi connectivity index (χ1v) is 3.15. The van der Waals surface area contributed by atoms with Crippen LogP contribution >= 0.6 is 12.4 Å². The van der Waals surface area contributed by atoms with Crippen molar-refractivity contribution < 1.29 is 0 Å². The highest BCUT2D eigenvalue weighted by Crippen LogP contribution is 1.75. The Morgan fingerprint density at radius 1 is 1.43 bits per heavy atom. The molecule has 0 spiro atoms. The molecule has 0 heterocycles. The number of hydrogen-bond acceptors (Lipinski definition) is 0. The second kappa shape index (κ2) is 9.37. The van der Waals surface area contributed by atoms with E-state index in [1.165, 1.54) is 0 Å². The molecular formula is C5H9ClSi. The molecular weight excluding hydrogens is 124 g/mol. The van der Waals surface area contributed by atoms with E-state index in [4.69, 9.17) is 0 Å². The highest BCUT2D eigenvalue weighted by Gasteiger charge is 1.69. The van der Waals surface area contributed by atoms with E-state index in [0.29, 0.717) is 0 Å². The molecule has 0 aliphatic heterocycles. The molecule has 0 aromatic carbocycles. The lowest BCUT2D eigenvalue weighted by atomic mass is 10.8. The van der Waals surface area contributed by atoms with Gasteiger partial charge >= 0.3 is 0 Å². The normalized spacial score (nSPS) is 6.29. The zero-order valence-corrected chi connectivity index (χ0v) is 6.00. The van der Waals surface area contributed by atoms with Gasteiger partial charge in [-0.1, -0.05) is 6.08 Å². The third kappa shape index (κ3) is 10.7. The highest BCUT2D eigenvalue weighted by atomic mass is 35.5. The average Bonchev–Trinajstić information content (AvgIpc) is 1.61. The maximum Gasteiger partial charge on any atom is 0.0736 e. The summed E-state index contributed by atoms with van der Waals surface area (Å²) in [6.07, 6.45) is 1.90. The fourth-order valence-corrected chi connectivity index (χ4v) is 0.500. The third-order valence-electron chi connectivity index (χ3n) is 0.407. The molecule has 0 rings (SSSR count). The van der Waals surface area contributed by atoms with Gasteiger partial charge < -0.3 is 0 Å². The zero-order chi connectivity index (χ0) is 4.83. The molecule has 0 aromatic heterocycles. The smallest absolute Gasteiger partial charge is 0.0736 e. The van der Waals surface area contributed by atoms with Crippen LogP contribution in [0.1, 0.15) is 0 Å². The van der Waals surface area contributed by atoms with E-state index >= 15 is 0 Å². The molecule has 2 heteroatoms. The molecule has 0 nitrogen and oxygen atoms in total. The Bertz CT molecular complexity index is 44.0. The highest BCUT2D eigenvalue weighted by molar-refractivity contribution is 6.42. The summed E-state index contributed by atoms with van der Waals surface area (Å²) in [5.74, 6) is 0. The number of hydrogen-bond donors (Lipinski definition) is 0. The Labute approximate surface area is 53.5 Å². The lowest BCUT2D eigenvalue weighted by molar-refractivity contribution is 1.73. The third-order valence-corrected chi connectivity index (χ3v) is 1.22. The van der Waals surface area contributed by atoms with Crippen LogP contribution in [0.25, 0.3) is 0 Å². The molecule has 0 unspecified atom stereocenters. The fourth-order valence-electron chi connectivity index (χ4n) is 0.167. The Kier molecular flexibility index (Phi) is 13.5. The Morgan fingerprint density at radius 3 is 2.14 bits per heavy atom. The van der Waals surface area contributed by atoms with Gasteiger partial charge in [-0.15, -0.1) is 31.3 Å². The molecule has 0 aliphatic rings. The van der Waals surface area contributed by atoms with Crippen LogP contribution in [0.15, 0.2) is 24.9 Å². The molecule has 40 valence electrons. The van der Waals surface area contributed by atoms with Gasteiger partial charge in [-0.25, -0.2) is 0 Å². The topological polar surface area (TPSA) is 0 Å². The summed E-state index contributed by atoms with van der Waals surface area (Å²) in [5, 5.41) is 0. The summed E-state index contributed by atoms with van der Waals surface area (Å²) in [6.45, 7) is 7.12. The van der Waals surface area contributed by atoms with Gasteiger partial charge in [-0.2, -0.15) is 0 Å². The van der Waals surface area contributed by atoms with Crippen LogP contribution in [0.4, 0.5) is 0 Å². The first kappa shape index (κ1) is 10.1. The van der Waals surface area contributed by atoms with Gasteiger partial charge in [0.2, 0.25) is 0 Å². The standard InChI is InChI=1S/C5H8Si.ClH/c1-3-5-6-4-2;/h3-4H,1-2,5H2;1H. The van der Waals surface area contributed by atoms with Gasteiger partial charge in [0.15, 0.2) is 0 Å². The van der Waals surface area contributed by atoms with Crippen LogP contribution < -0.4 is 0 Å². The number of halogens is 1. The van der Waals surface area contributed by atoms with Crippen molar-refractivity contribution in [3.8, 4) is 0 Å². The summed E-state index contributed by atoms with van der Waals surface area (Å²) in [4.78, 5) is 0. The van der Waals surface area contributed by atoms with E-state index in [9.17, 15) is 0 Å². The summed E-state index contributed by atoms with van der Waals surface area (Å²) in [6, 6.07) is 1.09. The second-order valence-electron chi connectivity index (χ2n) is 0.901. The van der Waals surface area contributed by atoms with E-state index in [2.05, 4.69) is 13.2 Å². The molecule has 0 saturated carbocycles. The van der Waals surface area contributed by atoms with Crippen LogP contribution in [0.2, 0.25) is 6.04 Å². The molecule has 0 fully saturated rings. The van der Waals surface area contributed by atoms with Gasteiger partial charge in [-0.3, -0.25) is 0 Å². The molecule has 0 N–H and O–H groups in total. The summed E-state index contributed by atoms with van der Waals surface area (Å²) >= 11 is 0. The SMILES string of the molecule is C=CC[Si]C=C.Cl. The minimum atomic E-state index is 0. The van der Waals surface area contributed by atoms with Crippen molar-refractivity contribution in [2.75, 3.05) is 0 Å². The minimum Gasteiger partial charge on any atom is -0.147 e. The van der Waals surface area contributed by atoms with E-state index < -0.39 is 0 Å². The fraction of sp³-hybridized carbons (Fsp3) is 0.200. The maximum atomic E-state index is 3.56. The number of rotatable bonds is 3. The van der Waals surface area contributed by atoms with Gasteiger partial charge in [0.25, 0.3) is 0 Å². The Balaban J connectivity index is 0. The van der Waals surface area contributed by atoms with Gasteiger partial charge in [0.05, 0.1) is 9.52 Å². The van der Waals surface area contributed by atoms with E-state index in [1.807, 2.05) is 11.8 Å². The molecule has 0 saturated heterocycles. The Morgan fingerprint density at radius 2 is 2.00 bits per heavy atom. The van der Waals surface area contributed by atoms with Crippen LogP contribution in [-0.4, -0.2) is 9.52 Å². The van der Waals surface area contributed by atoms with E-state index in [1.54, 1.807) is 0 Å². The predicted molar refractivity (Wildman–Crippen MR) is 38.2 cm³/mol. The van der Waals surface area contributed by atoms with Crippen molar-refractivity contribution in [1.82, 2.24) is 0 Å². The quantitative estimate of drug-likeness (QED) is 0.313. The molecule has 0 aromatic rings. The lowest BCUT2D eigenvalue weighted by Gasteiger charge is -1.74. The zero-order valence-electron chi connectivity index (χ0n) is 4.18. The largest absolute Gasteiger partial charge is 0.147 e. The van der Waals surface area contributed by atoms with Crippen molar-refractivity contribution in [1.29, 1.82) is 0 Å². The Hall–Kier alpha value is -0.0131. The van der Waals surface area contributed by atoms with Gasteiger partial charge in [0, 0.05) is 0 Å². The lowest BCUT2D eigenvalue weighted by Crippen LogP contribution is -1.74. The first-order valence-electron chi connectivity index (χ1n) is 1.87. The molecule has 0 aliphatic carbocycles. The van der Waals surface area contributed by atoms with Crippen molar-refractivity contribution in [3.63, 3.8) is 0 Å². The molecule has 0 atom stereocenters. The first-order chi connectivity index (χ1) is 2.91. The molecule has 0 amide bonds. The van der Waals surface area contributed by atoms with Crippen molar-refractivity contribution in [3.05, 3.63) is 24.9 Å². The van der Waals surface area contributed by atoms with Crippen molar-refractivity contribution >= 4 is 21.9 Å². The molecule has 7 heavy (non-hydrogen) atoms. The van der Waals surface area contributed by atoms with Crippen molar-refractivity contribution in [2.45, 2.75) is 6.04 Å². The predicted octanol–water partition coefficient (Wildman–Crippen LogP) is 1.86.